The summed E-state index contributed by atoms with van der Waals surface area (Å²) in [6.45, 7) is 0. The average Bonchev–Trinajstić information content (AvgIpc) is 2.67. The van der Waals surface area contributed by atoms with Crippen molar-refractivity contribution in [1.82, 2.24) is 0 Å². The van der Waals surface area contributed by atoms with E-state index in [1.165, 1.54) is 0 Å². The van der Waals surface area contributed by atoms with Crippen LogP contribution in [0.1, 0.15) is 31.2 Å². The van der Waals surface area contributed by atoms with Gasteiger partial charge >= 0.3 is 5.97 Å². The largest absolute Gasteiger partial charge is 0.481 e. The van der Waals surface area contributed by atoms with Crippen molar-refractivity contribution in [1.29, 1.82) is 0 Å². The van der Waals surface area contributed by atoms with E-state index < -0.39 is 11.4 Å². The summed E-state index contributed by atoms with van der Waals surface area (Å²) in [6.07, 6.45) is 3.05. The predicted octanol–water partition coefficient (Wildman–Crippen LogP) is 3.89. The molecule has 0 radical (unpaired) electrons. The Kier molecular flexibility index (Phi) is 3.13. The molecule has 0 spiro atoms. The molecule has 1 aliphatic carbocycles. The van der Waals surface area contributed by atoms with Gasteiger partial charge in [0.15, 0.2) is 0 Å². The third kappa shape index (κ3) is 1.70. The van der Waals surface area contributed by atoms with Crippen molar-refractivity contribution in [2.75, 3.05) is 0 Å². The summed E-state index contributed by atoms with van der Waals surface area (Å²) in [7, 11) is 0. The Bertz CT molecular complexity index is 403. The number of carbonyl (C=O) groups is 1. The van der Waals surface area contributed by atoms with Crippen LogP contribution >= 0.6 is 23.2 Å². The minimum absolute atomic E-state index is 0.455. The number of benzene rings is 1. The van der Waals surface area contributed by atoms with E-state index in [9.17, 15) is 9.90 Å². The molecule has 0 heterocycles. The van der Waals surface area contributed by atoms with Crippen molar-refractivity contribution in [2.45, 2.75) is 31.1 Å². The normalized spacial score (nSPS) is 18.6. The predicted molar refractivity (Wildman–Crippen MR) is 64.2 cm³/mol. The molecule has 0 unspecified atom stereocenters. The average molecular weight is 259 g/mol. The van der Waals surface area contributed by atoms with E-state index in [0.29, 0.717) is 28.5 Å². The molecule has 0 atom stereocenters. The van der Waals surface area contributed by atoms with Crippen molar-refractivity contribution < 1.29 is 9.90 Å². The van der Waals surface area contributed by atoms with Gasteiger partial charge in [0.2, 0.25) is 0 Å². The van der Waals surface area contributed by atoms with E-state index >= 15 is 0 Å². The second kappa shape index (κ2) is 4.27. The van der Waals surface area contributed by atoms with Gasteiger partial charge in [-0.25, -0.2) is 0 Å². The maximum absolute atomic E-state index is 11.5. The molecule has 0 aromatic heterocycles. The minimum atomic E-state index is -0.880. The van der Waals surface area contributed by atoms with Crippen molar-refractivity contribution in [2.24, 2.45) is 0 Å². The molecule has 4 heteroatoms. The molecule has 16 heavy (non-hydrogen) atoms. The highest BCUT2D eigenvalue weighted by molar-refractivity contribution is 6.36. The van der Waals surface area contributed by atoms with Gasteiger partial charge in [-0.05, 0) is 25.0 Å². The number of hydrogen-bond donors (Lipinski definition) is 1. The van der Waals surface area contributed by atoms with Crippen LogP contribution in [0.3, 0.4) is 0 Å². The van der Waals surface area contributed by atoms with Crippen molar-refractivity contribution in [3.63, 3.8) is 0 Å². The first-order chi connectivity index (χ1) is 7.58. The molecule has 1 aromatic carbocycles. The fourth-order valence-electron chi connectivity index (χ4n) is 2.50. The van der Waals surface area contributed by atoms with Gasteiger partial charge in [0.05, 0.1) is 5.41 Å². The second-order valence-corrected chi connectivity index (χ2v) is 5.01. The highest BCUT2D eigenvalue weighted by Crippen LogP contribution is 2.46. The van der Waals surface area contributed by atoms with E-state index in [4.69, 9.17) is 23.2 Å². The van der Waals surface area contributed by atoms with Crippen LogP contribution in [0, 0.1) is 0 Å². The Labute approximate surface area is 104 Å². The first-order valence-electron chi connectivity index (χ1n) is 5.26. The van der Waals surface area contributed by atoms with Crippen LogP contribution in [-0.2, 0) is 10.2 Å². The second-order valence-electron chi connectivity index (χ2n) is 4.19. The molecule has 2 nitrogen and oxygen atoms in total. The van der Waals surface area contributed by atoms with Crippen LogP contribution in [0.4, 0.5) is 0 Å². The smallest absolute Gasteiger partial charge is 0.314 e. The third-order valence-electron chi connectivity index (χ3n) is 3.31. The summed E-state index contributed by atoms with van der Waals surface area (Å²) in [5, 5.41) is 10.4. The monoisotopic (exact) mass is 258 g/mol. The number of carboxylic acid groups (broad SMARTS) is 1. The van der Waals surface area contributed by atoms with Gasteiger partial charge in [0, 0.05) is 15.6 Å². The van der Waals surface area contributed by atoms with Gasteiger partial charge in [0.1, 0.15) is 0 Å². The zero-order valence-electron chi connectivity index (χ0n) is 8.67. The van der Waals surface area contributed by atoms with Gasteiger partial charge < -0.3 is 5.11 Å². The number of halogens is 2. The van der Waals surface area contributed by atoms with Gasteiger partial charge in [-0.15, -0.1) is 0 Å². The minimum Gasteiger partial charge on any atom is -0.481 e. The number of aliphatic carboxylic acids is 1. The van der Waals surface area contributed by atoms with Crippen molar-refractivity contribution in [3.8, 4) is 0 Å². The molecule has 1 saturated carbocycles. The van der Waals surface area contributed by atoms with Gasteiger partial charge in [-0.2, -0.15) is 0 Å². The van der Waals surface area contributed by atoms with Crippen molar-refractivity contribution >= 4 is 29.2 Å². The molecule has 0 amide bonds. The van der Waals surface area contributed by atoms with E-state index in [0.717, 1.165) is 12.8 Å². The number of hydrogen-bond acceptors (Lipinski definition) is 1. The standard InChI is InChI=1S/C12H12Cl2O2/c13-8-4-3-5-9(14)10(8)12(11(15)16)6-1-2-7-12/h3-5H,1-2,6-7H2,(H,15,16). The Morgan fingerprint density at radius 2 is 1.69 bits per heavy atom. The summed E-state index contributed by atoms with van der Waals surface area (Å²) in [6, 6.07) is 5.14. The summed E-state index contributed by atoms with van der Waals surface area (Å²) >= 11 is 12.2. The first kappa shape index (κ1) is 11.7. The molecular formula is C12H12Cl2O2. The van der Waals surface area contributed by atoms with Crippen LogP contribution < -0.4 is 0 Å². The molecule has 0 aliphatic heterocycles. The summed E-state index contributed by atoms with van der Waals surface area (Å²) < 4.78 is 0. The number of carboxylic acids is 1. The highest BCUT2D eigenvalue weighted by atomic mass is 35.5. The maximum atomic E-state index is 11.5. The topological polar surface area (TPSA) is 37.3 Å². The van der Waals surface area contributed by atoms with Crippen LogP contribution in [-0.4, -0.2) is 11.1 Å². The molecule has 1 fully saturated rings. The van der Waals surface area contributed by atoms with Crippen LogP contribution in [0.15, 0.2) is 18.2 Å². The van der Waals surface area contributed by atoms with Crippen molar-refractivity contribution in [3.05, 3.63) is 33.8 Å². The lowest BCUT2D eigenvalue weighted by Gasteiger charge is -2.26. The zero-order valence-corrected chi connectivity index (χ0v) is 10.2. The molecule has 1 aromatic rings. The van der Waals surface area contributed by atoms with Gasteiger partial charge in [-0.1, -0.05) is 42.1 Å². The van der Waals surface area contributed by atoms with E-state index in [1.807, 2.05) is 0 Å². The maximum Gasteiger partial charge on any atom is 0.314 e. The lowest BCUT2D eigenvalue weighted by Crippen LogP contribution is -2.33. The summed E-state index contributed by atoms with van der Waals surface area (Å²) in [4.78, 5) is 11.5. The Balaban J connectivity index is 2.60. The van der Waals surface area contributed by atoms with Crippen LogP contribution in [0.25, 0.3) is 0 Å². The molecular weight excluding hydrogens is 247 g/mol. The van der Waals surface area contributed by atoms with Crippen LogP contribution in [0.5, 0.6) is 0 Å². The molecule has 1 N–H and O–H groups in total. The van der Waals surface area contributed by atoms with E-state index in [2.05, 4.69) is 0 Å². The molecule has 1 aliphatic rings. The lowest BCUT2D eigenvalue weighted by molar-refractivity contribution is -0.143. The molecule has 2 rings (SSSR count). The van der Waals surface area contributed by atoms with Crippen LogP contribution in [0.2, 0.25) is 10.0 Å². The summed E-state index contributed by atoms with van der Waals surface area (Å²) in [5.74, 6) is -0.819. The molecule has 0 bridgehead atoms. The Morgan fingerprint density at radius 3 is 2.12 bits per heavy atom. The fourth-order valence-corrected chi connectivity index (χ4v) is 3.26. The highest BCUT2D eigenvalue weighted by Gasteiger charge is 2.45. The molecule has 86 valence electrons. The SMILES string of the molecule is O=C(O)C1(c2c(Cl)cccc2Cl)CCCC1. The Morgan fingerprint density at radius 1 is 1.19 bits per heavy atom. The molecule has 0 saturated heterocycles. The number of rotatable bonds is 2. The van der Waals surface area contributed by atoms with Gasteiger partial charge in [0.25, 0.3) is 0 Å². The zero-order chi connectivity index (χ0) is 11.8. The lowest BCUT2D eigenvalue weighted by atomic mass is 9.79. The first-order valence-corrected chi connectivity index (χ1v) is 6.01. The van der Waals surface area contributed by atoms with E-state index in [-0.39, 0.29) is 0 Å². The summed E-state index contributed by atoms with van der Waals surface area (Å²) in [5.41, 5.74) is -0.293. The quantitative estimate of drug-likeness (QED) is 0.874. The van der Waals surface area contributed by atoms with E-state index in [1.54, 1.807) is 18.2 Å². The Hall–Kier alpha value is -0.730. The third-order valence-corrected chi connectivity index (χ3v) is 3.94. The fraction of sp³-hybridized carbons (Fsp3) is 0.417. The van der Waals surface area contributed by atoms with Gasteiger partial charge in [-0.3, -0.25) is 4.79 Å².